The second-order valence-corrected chi connectivity index (χ2v) is 6.09. The van der Waals surface area contributed by atoms with Gasteiger partial charge in [-0.05, 0) is 37.1 Å². The zero-order chi connectivity index (χ0) is 17.8. The molecule has 3 rings (SSSR count). The van der Waals surface area contributed by atoms with Crippen molar-refractivity contribution in [3.63, 3.8) is 0 Å². The molecule has 2 aromatic carbocycles. The summed E-state index contributed by atoms with van der Waals surface area (Å²) in [7, 11) is 0. The van der Waals surface area contributed by atoms with Crippen LogP contribution in [0.4, 0.5) is 0 Å². The number of rotatable bonds is 5. The molecule has 0 radical (unpaired) electrons. The Morgan fingerprint density at radius 1 is 1.08 bits per heavy atom. The average molecular weight is 335 g/mol. The number of pyridine rings is 1. The first-order valence-electron chi connectivity index (χ1n) is 8.50. The summed E-state index contributed by atoms with van der Waals surface area (Å²) in [6.45, 7) is 4.39. The predicted molar refractivity (Wildman–Crippen MR) is 99.5 cm³/mol. The van der Waals surface area contributed by atoms with Crippen LogP contribution in [0.15, 0.2) is 59.5 Å². The van der Waals surface area contributed by atoms with Crippen LogP contribution in [0.1, 0.15) is 35.7 Å². The molecule has 0 bridgehead atoms. The number of fused-ring (bicyclic) bond motifs is 1. The predicted octanol–water partition coefficient (Wildman–Crippen LogP) is 4.26. The first-order chi connectivity index (χ1) is 12.1. The van der Waals surface area contributed by atoms with Gasteiger partial charge in [0.05, 0.1) is 12.2 Å². The standard InChI is InChI=1S/C21H21NO3/c1-3-4-12-25-21(24)19-14-22(16-9-7-8-15(2)13-16)20(23)18-11-6-5-10-17(18)19/h5-11,13-14H,3-4,12H2,1-2H3. The highest BCUT2D eigenvalue weighted by molar-refractivity contribution is 6.04. The maximum absolute atomic E-state index is 12.9. The van der Waals surface area contributed by atoms with Crippen LogP contribution in [0.5, 0.6) is 0 Å². The summed E-state index contributed by atoms with van der Waals surface area (Å²) < 4.78 is 6.90. The molecule has 0 aliphatic heterocycles. The number of unbranched alkanes of at least 4 members (excludes halogenated alkanes) is 1. The van der Waals surface area contributed by atoms with Crippen LogP contribution in [0.25, 0.3) is 16.5 Å². The Labute approximate surface area is 146 Å². The average Bonchev–Trinajstić information content (AvgIpc) is 2.62. The quantitative estimate of drug-likeness (QED) is 0.517. The Balaban J connectivity index is 2.17. The third kappa shape index (κ3) is 3.48. The van der Waals surface area contributed by atoms with Gasteiger partial charge in [-0.15, -0.1) is 0 Å². The van der Waals surface area contributed by atoms with Crippen LogP contribution >= 0.6 is 0 Å². The summed E-state index contributed by atoms with van der Waals surface area (Å²) in [5.41, 5.74) is 2.04. The lowest BCUT2D eigenvalue weighted by molar-refractivity contribution is 0.0501. The van der Waals surface area contributed by atoms with Gasteiger partial charge in [0.1, 0.15) is 0 Å². The van der Waals surface area contributed by atoms with Crippen LogP contribution in [0.3, 0.4) is 0 Å². The number of carbonyl (C=O) groups is 1. The van der Waals surface area contributed by atoms with Crippen molar-refractivity contribution in [2.75, 3.05) is 6.61 Å². The van der Waals surface area contributed by atoms with E-state index in [9.17, 15) is 9.59 Å². The van der Waals surface area contributed by atoms with Crippen molar-refractivity contribution in [2.24, 2.45) is 0 Å². The summed E-state index contributed by atoms with van der Waals surface area (Å²) in [5.74, 6) is -0.397. The van der Waals surface area contributed by atoms with Crippen LogP contribution in [0, 0.1) is 6.92 Å². The molecule has 1 aromatic heterocycles. The molecule has 0 saturated carbocycles. The molecular formula is C21H21NO3. The molecule has 0 fully saturated rings. The lowest BCUT2D eigenvalue weighted by Gasteiger charge is -2.12. The topological polar surface area (TPSA) is 48.3 Å². The molecule has 25 heavy (non-hydrogen) atoms. The zero-order valence-electron chi connectivity index (χ0n) is 14.5. The molecule has 0 N–H and O–H groups in total. The van der Waals surface area contributed by atoms with E-state index in [2.05, 4.69) is 0 Å². The van der Waals surface area contributed by atoms with Gasteiger partial charge < -0.3 is 4.74 Å². The highest BCUT2D eigenvalue weighted by Crippen LogP contribution is 2.19. The molecule has 4 heteroatoms. The van der Waals surface area contributed by atoms with E-state index >= 15 is 0 Å². The third-order valence-corrected chi connectivity index (χ3v) is 4.16. The van der Waals surface area contributed by atoms with E-state index in [1.165, 1.54) is 4.57 Å². The lowest BCUT2D eigenvalue weighted by atomic mass is 10.1. The van der Waals surface area contributed by atoms with Gasteiger partial charge >= 0.3 is 5.97 Å². The van der Waals surface area contributed by atoms with Gasteiger partial charge in [0.2, 0.25) is 0 Å². The maximum atomic E-state index is 12.9. The summed E-state index contributed by atoms with van der Waals surface area (Å²) in [5, 5.41) is 1.13. The van der Waals surface area contributed by atoms with E-state index in [4.69, 9.17) is 4.74 Å². The number of benzene rings is 2. The van der Waals surface area contributed by atoms with E-state index in [1.54, 1.807) is 24.4 Å². The fraction of sp³-hybridized carbons (Fsp3) is 0.238. The van der Waals surface area contributed by atoms with Crippen molar-refractivity contribution in [2.45, 2.75) is 26.7 Å². The minimum atomic E-state index is -0.397. The third-order valence-electron chi connectivity index (χ3n) is 4.16. The SMILES string of the molecule is CCCCOC(=O)c1cn(-c2cccc(C)c2)c(=O)c2ccccc12. The Morgan fingerprint density at radius 2 is 1.84 bits per heavy atom. The second-order valence-electron chi connectivity index (χ2n) is 6.09. The summed E-state index contributed by atoms with van der Waals surface area (Å²) >= 11 is 0. The molecule has 0 unspecified atom stereocenters. The monoisotopic (exact) mass is 335 g/mol. The number of carbonyl (C=O) groups excluding carboxylic acids is 1. The molecule has 0 atom stereocenters. The van der Waals surface area contributed by atoms with E-state index in [-0.39, 0.29) is 5.56 Å². The summed E-state index contributed by atoms with van der Waals surface area (Å²) in [4.78, 5) is 25.4. The van der Waals surface area contributed by atoms with Crippen molar-refractivity contribution in [1.29, 1.82) is 0 Å². The van der Waals surface area contributed by atoms with Crippen molar-refractivity contribution in [1.82, 2.24) is 4.57 Å². The highest BCUT2D eigenvalue weighted by atomic mass is 16.5. The largest absolute Gasteiger partial charge is 0.462 e. The Bertz CT molecular complexity index is 972. The molecule has 0 spiro atoms. The number of nitrogens with zero attached hydrogens (tertiary/aromatic N) is 1. The maximum Gasteiger partial charge on any atom is 0.340 e. The molecule has 1 heterocycles. The van der Waals surface area contributed by atoms with Crippen molar-refractivity contribution in [3.05, 3.63) is 76.2 Å². The first kappa shape index (κ1) is 17.0. The van der Waals surface area contributed by atoms with E-state index in [0.717, 1.165) is 24.1 Å². The Morgan fingerprint density at radius 3 is 2.56 bits per heavy atom. The molecule has 0 amide bonds. The zero-order valence-corrected chi connectivity index (χ0v) is 14.5. The van der Waals surface area contributed by atoms with Gasteiger partial charge in [-0.3, -0.25) is 9.36 Å². The van der Waals surface area contributed by atoms with Crippen molar-refractivity contribution >= 4 is 16.7 Å². The van der Waals surface area contributed by atoms with Gasteiger partial charge in [-0.25, -0.2) is 4.79 Å². The normalized spacial score (nSPS) is 10.8. The Kier molecular flexibility index (Phi) is 4.98. The van der Waals surface area contributed by atoms with Crippen LogP contribution in [-0.2, 0) is 4.74 Å². The number of hydrogen-bond donors (Lipinski definition) is 0. The number of ether oxygens (including phenoxy) is 1. The van der Waals surface area contributed by atoms with Crippen LogP contribution in [-0.4, -0.2) is 17.1 Å². The minimum Gasteiger partial charge on any atom is -0.462 e. The minimum absolute atomic E-state index is 0.147. The van der Waals surface area contributed by atoms with Gasteiger partial charge in [0.15, 0.2) is 0 Å². The number of hydrogen-bond acceptors (Lipinski definition) is 3. The van der Waals surface area contributed by atoms with Gasteiger partial charge in [-0.1, -0.05) is 43.7 Å². The molecule has 3 aromatic rings. The Hall–Kier alpha value is -2.88. The number of esters is 1. The smallest absolute Gasteiger partial charge is 0.340 e. The van der Waals surface area contributed by atoms with Gasteiger partial charge in [0, 0.05) is 22.7 Å². The van der Waals surface area contributed by atoms with Gasteiger partial charge in [0.25, 0.3) is 5.56 Å². The van der Waals surface area contributed by atoms with E-state index in [0.29, 0.717) is 22.9 Å². The number of aryl methyl sites for hydroxylation is 1. The second kappa shape index (κ2) is 7.34. The van der Waals surface area contributed by atoms with Crippen LogP contribution in [0.2, 0.25) is 0 Å². The molecule has 0 saturated heterocycles. The molecule has 4 nitrogen and oxygen atoms in total. The molecule has 0 aliphatic carbocycles. The first-order valence-corrected chi connectivity index (χ1v) is 8.50. The van der Waals surface area contributed by atoms with Crippen molar-refractivity contribution < 1.29 is 9.53 Å². The fourth-order valence-electron chi connectivity index (χ4n) is 2.81. The fourth-order valence-corrected chi connectivity index (χ4v) is 2.81. The highest BCUT2D eigenvalue weighted by Gasteiger charge is 2.16. The molecule has 128 valence electrons. The van der Waals surface area contributed by atoms with E-state index in [1.807, 2.05) is 44.2 Å². The van der Waals surface area contributed by atoms with Gasteiger partial charge in [-0.2, -0.15) is 0 Å². The summed E-state index contributed by atoms with van der Waals surface area (Å²) in [6, 6.07) is 14.8. The lowest BCUT2D eigenvalue weighted by Crippen LogP contribution is -2.21. The van der Waals surface area contributed by atoms with E-state index < -0.39 is 5.97 Å². The summed E-state index contributed by atoms with van der Waals surface area (Å²) in [6.07, 6.45) is 3.37. The number of aromatic nitrogens is 1. The van der Waals surface area contributed by atoms with Crippen molar-refractivity contribution in [3.8, 4) is 5.69 Å². The molecular weight excluding hydrogens is 314 g/mol. The molecule has 0 aliphatic rings. The van der Waals surface area contributed by atoms with Crippen LogP contribution < -0.4 is 5.56 Å².